The van der Waals surface area contributed by atoms with E-state index in [4.69, 9.17) is 9.26 Å². The number of aromatic nitrogens is 4. The van der Waals surface area contributed by atoms with Crippen LogP contribution in [0.15, 0.2) is 4.52 Å². The van der Waals surface area contributed by atoms with Crippen molar-refractivity contribution in [3.63, 3.8) is 0 Å². The highest BCUT2D eigenvalue weighted by atomic mass is 16.5. The third-order valence-corrected chi connectivity index (χ3v) is 5.38. The molecule has 8 heteroatoms. The molecular formula is C18H25N5O3. The van der Waals surface area contributed by atoms with Crippen LogP contribution in [0, 0.1) is 6.92 Å². The zero-order chi connectivity index (χ0) is 18.4. The van der Waals surface area contributed by atoms with Crippen LogP contribution in [0.2, 0.25) is 0 Å². The second-order valence-corrected chi connectivity index (χ2v) is 7.38. The van der Waals surface area contributed by atoms with Gasteiger partial charge in [-0.15, -0.1) is 0 Å². The van der Waals surface area contributed by atoms with Crippen molar-refractivity contribution < 1.29 is 14.1 Å². The van der Waals surface area contributed by atoms with E-state index in [0.717, 1.165) is 30.5 Å². The fourth-order valence-electron chi connectivity index (χ4n) is 4.17. The van der Waals surface area contributed by atoms with Crippen molar-refractivity contribution in [2.24, 2.45) is 7.05 Å². The average molecular weight is 359 g/mol. The number of hydrogen-bond acceptors (Lipinski definition) is 6. The van der Waals surface area contributed by atoms with E-state index >= 15 is 0 Å². The van der Waals surface area contributed by atoms with E-state index in [9.17, 15) is 4.79 Å². The van der Waals surface area contributed by atoms with Crippen LogP contribution in [-0.4, -0.2) is 49.9 Å². The average Bonchev–Trinajstić information content (AvgIpc) is 3.18. The molecule has 2 atom stereocenters. The van der Waals surface area contributed by atoms with Gasteiger partial charge in [0.05, 0.1) is 17.9 Å². The molecule has 4 heterocycles. The Morgan fingerprint density at radius 1 is 1.23 bits per heavy atom. The SMILES string of the molecule is Cc1noc(C2CCN(C(=O)c3nn(C)c4c3C[C@@H](C)O[C@H]4C)CC2)n1. The van der Waals surface area contributed by atoms with Gasteiger partial charge in [-0.3, -0.25) is 9.48 Å². The Bertz CT molecular complexity index is 819. The summed E-state index contributed by atoms with van der Waals surface area (Å²) in [4.78, 5) is 19.3. The molecule has 1 fully saturated rings. The van der Waals surface area contributed by atoms with Crippen molar-refractivity contribution >= 4 is 5.91 Å². The normalized spacial score (nSPS) is 23.9. The number of aryl methyl sites for hydroxylation is 2. The molecule has 0 radical (unpaired) electrons. The number of amides is 1. The minimum atomic E-state index is -0.0423. The van der Waals surface area contributed by atoms with E-state index in [1.165, 1.54) is 0 Å². The summed E-state index contributed by atoms with van der Waals surface area (Å²) in [6.45, 7) is 7.23. The van der Waals surface area contributed by atoms with Gasteiger partial charge < -0.3 is 14.2 Å². The number of piperidine rings is 1. The van der Waals surface area contributed by atoms with Crippen LogP contribution in [0.25, 0.3) is 0 Å². The summed E-state index contributed by atoms with van der Waals surface area (Å²) in [5.74, 6) is 1.59. The molecule has 2 aliphatic rings. The smallest absolute Gasteiger partial charge is 0.274 e. The molecule has 0 bridgehead atoms. The van der Waals surface area contributed by atoms with Crippen molar-refractivity contribution in [2.45, 2.75) is 58.2 Å². The predicted molar refractivity (Wildman–Crippen MR) is 92.8 cm³/mol. The number of carbonyl (C=O) groups is 1. The van der Waals surface area contributed by atoms with Gasteiger partial charge in [-0.05, 0) is 33.6 Å². The summed E-state index contributed by atoms with van der Waals surface area (Å²) in [5, 5.41) is 8.40. The topological polar surface area (TPSA) is 86.3 Å². The van der Waals surface area contributed by atoms with Gasteiger partial charge in [-0.25, -0.2) is 0 Å². The van der Waals surface area contributed by atoms with Crippen molar-refractivity contribution in [1.82, 2.24) is 24.8 Å². The zero-order valence-corrected chi connectivity index (χ0v) is 15.7. The standard InChI is InChI=1S/C18H25N5O3/c1-10-9-14-15(20-22(4)16(14)11(2)25-10)18(24)23-7-5-13(6-8-23)17-19-12(3)21-26-17/h10-11,13H,5-9H2,1-4H3/t10-,11+/m1/s1. The quantitative estimate of drug-likeness (QED) is 0.817. The number of fused-ring (bicyclic) bond motifs is 1. The summed E-state index contributed by atoms with van der Waals surface area (Å²) >= 11 is 0. The number of ether oxygens (including phenoxy) is 1. The van der Waals surface area contributed by atoms with Crippen LogP contribution in [0.3, 0.4) is 0 Å². The molecule has 1 amide bonds. The lowest BCUT2D eigenvalue weighted by atomic mass is 9.95. The van der Waals surface area contributed by atoms with Gasteiger partial charge in [0.2, 0.25) is 5.89 Å². The fourth-order valence-corrected chi connectivity index (χ4v) is 4.17. The van der Waals surface area contributed by atoms with Crippen LogP contribution in [0.4, 0.5) is 0 Å². The Kier molecular flexibility index (Phi) is 4.30. The summed E-state index contributed by atoms with van der Waals surface area (Å²) in [6, 6.07) is 0. The molecule has 2 aromatic heterocycles. The fraction of sp³-hybridized carbons (Fsp3) is 0.667. The summed E-state index contributed by atoms with van der Waals surface area (Å²) < 4.78 is 13.0. The van der Waals surface area contributed by atoms with E-state index in [2.05, 4.69) is 15.2 Å². The molecule has 1 saturated heterocycles. The first-order valence-corrected chi connectivity index (χ1v) is 9.24. The van der Waals surface area contributed by atoms with Crippen LogP contribution < -0.4 is 0 Å². The second-order valence-electron chi connectivity index (χ2n) is 7.38. The molecule has 0 N–H and O–H groups in total. The maximum Gasteiger partial charge on any atom is 0.274 e. The predicted octanol–water partition coefficient (Wildman–Crippen LogP) is 2.15. The molecule has 0 saturated carbocycles. The molecule has 0 aromatic carbocycles. The van der Waals surface area contributed by atoms with E-state index in [1.807, 2.05) is 32.7 Å². The van der Waals surface area contributed by atoms with Gasteiger partial charge in [0.15, 0.2) is 11.5 Å². The van der Waals surface area contributed by atoms with Crippen molar-refractivity contribution in [2.75, 3.05) is 13.1 Å². The minimum absolute atomic E-state index is 0.0170. The molecule has 140 valence electrons. The zero-order valence-electron chi connectivity index (χ0n) is 15.7. The highest BCUT2D eigenvalue weighted by molar-refractivity contribution is 5.94. The first-order chi connectivity index (χ1) is 12.4. The maximum atomic E-state index is 13.1. The number of carbonyl (C=O) groups excluding carboxylic acids is 1. The molecular weight excluding hydrogens is 334 g/mol. The van der Waals surface area contributed by atoms with Gasteiger partial charge in [-0.2, -0.15) is 10.1 Å². The Labute approximate surface area is 152 Å². The molecule has 0 unspecified atom stereocenters. The highest BCUT2D eigenvalue weighted by Crippen LogP contribution is 2.33. The Balaban J connectivity index is 1.50. The summed E-state index contributed by atoms with van der Waals surface area (Å²) in [7, 11) is 1.88. The lowest BCUT2D eigenvalue weighted by molar-refractivity contribution is -0.00907. The van der Waals surface area contributed by atoms with Crippen LogP contribution in [0.5, 0.6) is 0 Å². The Morgan fingerprint density at radius 3 is 2.62 bits per heavy atom. The molecule has 26 heavy (non-hydrogen) atoms. The maximum absolute atomic E-state index is 13.1. The molecule has 2 aliphatic heterocycles. The second kappa shape index (κ2) is 6.50. The first kappa shape index (κ1) is 17.2. The summed E-state index contributed by atoms with van der Waals surface area (Å²) in [5.41, 5.74) is 2.64. The highest BCUT2D eigenvalue weighted by Gasteiger charge is 2.34. The van der Waals surface area contributed by atoms with Gasteiger partial charge in [0.25, 0.3) is 5.91 Å². The van der Waals surface area contributed by atoms with Crippen LogP contribution in [-0.2, 0) is 18.2 Å². The third-order valence-electron chi connectivity index (χ3n) is 5.38. The van der Waals surface area contributed by atoms with E-state index in [0.29, 0.717) is 30.5 Å². The molecule has 4 rings (SSSR count). The number of likely N-dealkylation sites (tertiary alicyclic amines) is 1. The van der Waals surface area contributed by atoms with Crippen molar-refractivity contribution in [3.05, 3.63) is 28.7 Å². The number of nitrogens with zero attached hydrogens (tertiary/aromatic N) is 5. The van der Waals surface area contributed by atoms with Gasteiger partial charge in [0.1, 0.15) is 0 Å². The lowest BCUT2D eigenvalue weighted by Gasteiger charge is -2.31. The van der Waals surface area contributed by atoms with Crippen LogP contribution >= 0.6 is 0 Å². The Hall–Kier alpha value is -2.22. The molecule has 2 aromatic rings. The molecule has 0 aliphatic carbocycles. The lowest BCUT2D eigenvalue weighted by Crippen LogP contribution is -2.39. The van der Waals surface area contributed by atoms with Gasteiger partial charge in [-0.1, -0.05) is 5.16 Å². The number of rotatable bonds is 2. The monoisotopic (exact) mass is 359 g/mol. The third kappa shape index (κ3) is 2.92. The first-order valence-electron chi connectivity index (χ1n) is 9.24. The minimum Gasteiger partial charge on any atom is -0.369 e. The van der Waals surface area contributed by atoms with E-state index in [1.54, 1.807) is 4.68 Å². The molecule has 8 nitrogen and oxygen atoms in total. The van der Waals surface area contributed by atoms with E-state index in [-0.39, 0.29) is 24.0 Å². The largest absolute Gasteiger partial charge is 0.369 e. The van der Waals surface area contributed by atoms with Crippen LogP contribution in [0.1, 0.15) is 72.2 Å². The summed E-state index contributed by atoms with van der Waals surface area (Å²) in [6.07, 6.45) is 2.45. The van der Waals surface area contributed by atoms with Crippen molar-refractivity contribution in [3.8, 4) is 0 Å². The van der Waals surface area contributed by atoms with Gasteiger partial charge >= 0.3 is 0 Å². The Morgan fingerprint density at radius 2 is 1.96 bits per heavy atom. The van der Waals surface area contributed by atoms with E-state index < -0.39 is 0 Å². The van der Waals surface area contributed by atoms with Crippen molar-refractivity contribution in [1.29, 1.82) is 0 Å². The van der Waals surface area contributed by atoms with Gasteiger partial charge in [0, 0.05) is 38.0 Å². The number of hydrogen-bond donors (Lipinski definition) is 0. The molecule has 0 spiro atoms.